The van der Waals surface area contributed by atoms with Crippen molar-refractivity contribution in [2.75, 3.05) is 0 Å². The maximum atomic E-state index is 12.2. The molecule has 0 amide bonds. The molecule has 84 valence electrons. The number of alkyl halides is 5. The molecule has 8 heteroatoms. The first kappa shape index (κ1) is 12.4. The van der Waals surface area contributed by atoms with E-state index in [0.29, 0.717) is 0 Å². The monoisotopic (exact) mass is 339 g/mol. The van der Waals surface area contributed by atoms with Gasteiger partial charge in [0.2, 0.25) is 0 Å². The fourth-order valence-corrected chi connectivity index (χ4v) is 1.57. The Morgan fingerprint density at radius 1 is 1.33 bits per heavy atom. The van der Waals surface area contributed by atoms with Gasteiger partial charge in [0, 0.05) is 6.20 Å². The van der Waals surface area contributed by atoms with Gasteiger partial charge in [-0.05, 0) is 22.6 Å². The molecule has 1 heterocycles. The molecule has 0 aliphatic heterocycles. The van der Waals surface area contributed by atoms with Crippen LogP contribution in [0.1, 0.15) is 17.7 Å². The fourth-order valence-electron chi connectivity index (χ4n) is 0.849. The van der Waals surface area contributed by atoms with Crippen LogP contribution in [0.3, 0.4) is 0 Å². The summed E-state index contributed by atoms with van der Waals surface area (Å²) in [5.74, 6) is -1.12. The summed E-state index contributed by atoms with van der Waals surface area (Å²) in [7, 11) is 0. The molecule has 1 aromatic heterocycles. The number of halogens is 6. The lowest BCUT2D eigenvalue weighted by Gasteiger charge is -2.11. The van der Waals surface area contributed by atoms with E-state index in [9.17, 15) is 22.0 Å². The maximum absolute atomic E-state index is 12.2. The van der Waals surface area contributed by atoms with Crippen molar-refractivity contribution in [3.05, 3.63) is 21.0 Å². The van der Waals surface area contributed by atoms with Gasteiger partial charge < -0.3 is 5.11 Å². The highest BCUT2D eigenvalue weighted by atomic mass is 127. The SMILES string of the molecule is Oc1c(C(F)F)ncc(C(F)(F)F)c1I. The highest BCUT2D eigenvalue weighted by molar-refractivity contribution is 14.1. The van der Waals surface area contributed by atoms with Gasteiger partial charge >= 0.3 is 6.18 Å². The van der Waals surface area contributed by atoms with E-state index in [-0.39, 0.29) is 6.20 Å². The van der Waals surface area contributed by atoms with Crippen LogP contribution in [0.15, 0.2) is 6.20 Å². The standard InChI is InChI=1S/C7H3F5INO/c8-6(9)4-5(15)3(13)2(1-14-4)7(10,11)12/h1,6,15H. The number of aromatic hydroxyl groups is 1. The van der Waals surface area contributed by atoms with Gasteiger partial charge in [-0.2, -0.15) is 13.2 Å². The topological polar surface area (TPSA) is 33.1 Å². The van der Waals surface area contributed by atoms with Crippen LogP contribution in [-0.2, 0) is 6.18 Å². The fraction of sp³-hybridized carbons (Fsp3) is 0.286. The van der Waals surface area contributed by atoms with Gasteiger partial charge in [0.25, 0.3) is 6.43 Å². The van der Waals surface area contributed by atoms with Gasteiger partial charge in [-0.15, -0.1) is 0 Å². The Hall–Kier alpha value is -0.670. The second kappa shape index (κ2) is 4.06. The van der Waals surface area contributed by atoms with Gasteiger partial charge in [0.15, 0.2) is 5.75 Å². The molecule has 0 radical (unpaired) electrons. The summed E-state index contributed by atoms with van der Waals surface area (Å²) in [5.41, 5.74) is -2.28. The zero-order valence-electron chi connectivity index (χ0n) is 6.82. The predicted molar refractivity (Wildman–Crippen MR) is 48.6 cm³/mol. The van der Waals surface area contributed by atoms with Crippen LogP contribution in [0.2, 0.25) is 0 Å². The lowest BCUT2D eigenvalue weighted by Crippen LogP contribution is -2.09. The molecular formula is C7H3F5INO. The van der Waals surface area contributed by atoms with Crippen LogP contribution in [0.5, 0.6) is 5.75 Å². The molecular weight excluding hydrogens is 336 g/mol. The predicted octanol–water partition coefficient (Wildman–Crippen LogP) is 3.35. The average molecular weight is 339 g/mol. The van der Waals surface area contributed by atoms with Crippen molar-refractivity contribution in [3.63, 3.8) is 0 Å². The second-order valence-electron chi connectivity index (χ2n) is 2.52. The Morgan fingerprint density at radius 3 is 2.27 bits per heavy atom. The number of hydrogen-bond acceptors (Lipinski definition) is 2. The molecule has 0 aromatic carbocycles. The lowest BCUT2D eigenvalue weighted by atomic mass is 10.2. The van der Waals surface area contributed by atoms with Gasteiger partial charge in [-0.3, -0.25) is 4.98 Å². The third-order valence-corrected chi connectivity index (χ3v) is 2.62. The molecule has 15 heavy (non-hydrogen) atoms. The minimum atomic E-state index is -4.72. The largest absolute Gasteiger partial charge is 0.505 e. The molecule has 0 spiro atoms. The van der Waals surface area contributed by atoms with E-state index in [0.717, 1.165) is 22.6 Å². The minimum Gasteiger partial charge on any atom is -0.505 e. The summed E-state index contributed by atoms with van der Waals surface area (Å²) in [6.45, 7) is 0. The van der Waals surface area contributed by atoms with Gasteiger partial charge in [0.05, 0.1) is 9.13 Å². The molecule has 0 atom stereocenters. The van der Waals surface area contributed by atoms with Crippen molar-refractivity contribution >= 4 is 22.6 Å². The van der Waals surface area contributed by atoms with Crippen LogP contribution in [0, 0.1) is 3.57 Å². The average Bonchev–Trinajstić information content (AvgIpc) is 2.06. The van der Waals surface area contributed by atoms with E-state index in [1.54, 1.807) is 0 Å². The minimum absolute atomic E-state index is 0.281. The molecule has 1 N–H and O–H groups in total. The second-order valence-corrected chi connectivity index (χ2v) is 3.60. The summed E-state index contributed by atoms with van der Waals surface area (Å²) in [5, 5.41) is 9.06. The molecule has 1 aromatic rings. The van der Waals surface area contributed by atoms with Crippen LogP contribution >= 0.6 is 22.6 Å². The quantitative estimate of drug-likeness (QED) is 0.629. The Labute approximate surface area is 94.3 Å². The molecule has 0 unspecified atom stereocenters. The molecule has 1 rings (SSSR count). The van der Waals surface area contributed by atoms with Crippen molar-refractivity contribution in [1.29, 1.82) is 0 Å². The third kappa shape index (κ3) is 2.47. The number of aromatic nitrogens is 1. The molecule has 0 aliphatic rings. The molecule has 0 aliphatic carbocycles. The molecule has 0 saturated carbocycles. The van der Waals surface area contributed by atoms with E-state index in [1.165, 1.54) is 0 Å². The first-order chi connectivity index (χ1) is 6.75. The summed E-state index contributed by atoms with van der Waals surface area (Å²) in [6, 6.07) is 0. The number of pyridine rings is 1. The first-order valence-electron chi connectivity index (χ1n) is 3.48. The zero-order valence-corrected chi connectivity index (χ0v) is 8.97. The van der Waals surface area contributed by atoms with E-state index < -0.39 is 33.2 Å². The van der Waals surface area contributed by atoms with Gasteiger partial charge in [0.1, 0.15) is 5.69 Å². The molecule has 2 nitrogen and oxygen atoms in total. The summed E-state index contributed by atoms with van der Waals surface area (Å²) in [4.78, 5) is 2.88. The Bertz CT molecular complexity index is 378. The summed E-state index contributed by atoms with van der Waals surface area (Å²) < 4.78 is 60.2. The van der Waals surface area contributed by atoms with Gasteiger partial charge in [-0.25, -0.2) is 8.78 Å². The van der Waals surface area contributed by atoms with Crippen molar-refractivity contribution in [2.45, 2.75) is 12.6 Å². The Morgan fingerprint density at radius 2 is 1.87 bits per heavy atom. The Balaban J connectivity index is 3.34. The molecule has 0 saturated heterocycles. The molecule has 0 bridgehead atoms. The highest BCUT2D eigenvalue weighted by Crippen LogP contribution is 2.39. The Kier molecular flexibility index (Phi) is 3.36. The van der Waals surface area contributed by atoms with Crippen molar-refractivity contribution < 1.29 is 27.1 Å². The van der Waals surface area contributed by atoms with Crippen molar-refractivity contribution in [1.82, 2.24) is 4.98 Å². The van der Waals surface area contributed by atoms with Crippen LogP contribution in [-0.4, -0.2) is 10.1 Å². The van der Waals surface area contributed by atoms with Gasteiger partial charge in [-0.1, -0.05) is 0 Å². The number of rotatable bonds is 1. The van der Waals surface area contributed by atoms with E-state index >= 15 is 0 Å². The molecule has 0 fully saturated rings. The lowest BCUT2D eigenvalue weighted by molar-refractivity contribution is -0.138. The first-order valence-corrected chi connectivity index (χ1v) is 4.55. The van der Waals surface area contributed by atoms with Crippen molar-refractivity contribution in [2.24, 2.45) is 0 Å². The smallest absolute Gasteiger partial charge is 0.419 e. The zero-order chi connectivity index (χ0) is 11.8. The van der Waals surface area contributed by atoms with E-state index in [2.05, 4.69) is 4.98 Å². The normalized spacial score (nSPS) is 12.2. The number of hydrogen-bond donors (Lipinski definition) is 1. The number of nitrogens with zero attached hydrogens (tertiary/aromatic N) is 1. The van der Waals surface area contributed by atoms with Crippen LogP contribution < -0.4 is 0 Å². The van der Waals surface area contributed by atoms with E-state index in [4.69, 9.17) is 5.11 Å². The third-order valence-electron chi connectivity index (χ3n) is 1.53. The summed E-state index contributed by atoms with van der Waals surface area (Å²) >= 11 is 1.15. The van der Waals surface area contributed by atoms with Crippen LogP contribution in [0.4, 0.5) is 22.0 Å². The van der Waals surface area contributed by atoms with Crippen LogP contribution in [0.25, 0.3) is 0 Å². The summed E-state index contributed by atoms with van der Waals surface area (Å²) in [6.07, 6.45) is -7.55. The van der Waals surface area contributed by atoms with E-state index in [1.807, 2.05) is 0 Å². The maximum Gasteiger partial charge on any atom is 0.419 e. The van der Waals surface area contributed by atoms with Crippen molar-refractivity contribution in [3.8, 4) is 5.75 Å². The highest BCUT2D eigenvalue weighted by Gasteiger charge is 2.36.